The summed E-state index contributed by atoms with van der Waals surface area (Å²) in [4.78, 5) is 17.3. The second kappa shape index (κ2) is 10.9. The number of pyridine rings is 1. The summed E-state index contributed by atoms with van der Waals surface area (Å²) in [6.07, 6.45) is 3.08. The minimum Gasteiger partial charge on any atom is -0.497 e. The number of hydrogen-bond acceptors (Lipinski definition) is 8. The standard InChI is InChI=1S/C27H27N3O7S/c1-17-22(27(31)29-19-7-6-12-28-16-19)15-23(18-13-24(35-3)26(37-5)25(14-18)36-4)30(17)38(32,33)21-10-8-20(34-2)9-11-21/h6-16H,1-5H3,(H,29,31). The average Bonchev–Trinajstić information content (AvgIpc) is 3.30. The quantitative estimate of drug-likeness (QED) is 0.334. The van der Waals surface area contributed by atoms with Gasteiger partial charge in [0.15, 0.2) is 11.5 Å². The third kappa shape index (κ3) is 4.88. The lowest BCUT2D eigenvalue weighted by Gasteiger charge is -2.17. The summed E-state index contributed by atoms with van der Waals surface area (Å²) in [5.41, 5.74) is 1.51. The number of anilines is 1. The number of hydrogen-bond donors (Lipinski definition) is 1. The van der Waals surface area contributed by atoms with Gasteiger partial charge in [0.1, 0.15) is 5.75 Å². The summed E-state index contributed by atoms with van der Waals surface area (Å²) in [5.74, 6) is 1.02. The zero-order chi connectivity index (χ0) is 27.4. The molecular formula is C27H27N3O7S. The van der Waals surface area contributed by atoms with Gasteiger partial charge in [-0.1, -0.05) is 0 Å². The highest BCUT2D eigenvalue weighted by atomic mass is 32.2. The Balaban J connectivity index is 1.95. The highest BCUT2D eigenvalue weighted by Crippen LogP contribution is 2.42. The number of nitrogens with zero attached hydrogens (tertiary/aromatic N) is 2. The Kier molecular flexibility index (Phi) is 7.58. The Labute approximate surface area is 220 Å². The molecule has 0 bridgehead atoms. The Morgan fingerprint density at radius 1 is 0.895 bits per heavy atom. The van der Waals surface area contributed by atoms with Crippen molar-refractivity contribution in [2.75, 3.05) is 33.8 Å². The Morgan fingerprint density at radius 3 is 2.08 bits per heavy atom. The highest BCUT2D eigenvalue weighted by Gasteiger charge is 2.29. The normalized spacial score (nSPS) is 11.1. The average molecular weight is 538 g/mol. The van der Waals surface area contributed by atoms with E-state index in [4.69, 9.17) is 18.9 Å². The van der Waals surface area contributed by atoms with E-state index >= 15 is 0 Å². The minimum atomic E-state index is -4.16. The molecule has 10 nitrogen and oxygen atoms in total. The van der Waals surface area contributed by atoms with Gasteiger partial charge >= 0.3 is 0 Å². The summed E-state index contributed by atoms with van der Waals surface area (Å²) >= 11 is 0. The van der Waals surface area contributed by atoms with E-state index in [1.807, 2.05) is 0 Å². The van der Waals surface area contributed by atoms with Crippen molar-refractivity contribution >= 4 is 21.6 Å². The van der Waals surface area contributed by atoms with Crippen LogP contribution in [0.15, 0.2) is 71.9 Å². The third-order valence-corrected chi connectivity index (χ3v) is 7.74. The van der Waals surface area contributed by atoms with E-state index in [9.17, 15) is 13.2 Å². The zero-order valence-electron chi connectivity index (χ0n) is 21.5. The molecule has 2 aromatic heterocycles. The fourth-order valence-electron chi connectivity index (χ4n) is 4.05. The van der Waals surface area contributed by atoms with Gasteiger partial charge in [-0.05, 0) is 61.5 Å². The van der Waals surface area contributed by atoms with Gasteiger partial charge in [-0.15, -0.1) is 0 Å². The molecule has 0 atom stereocenters. The van der Waals surface area contributed by atoms with Crippen molar-refractivity contribution in [1.82, 2.24) is 8.96 Å². The number of aromatic nitrogens is 2. The van der Waals surface area contributed by atoms with Crippen LogP contribution in [0.3, 0.4) is 0 Å². The molecule has 2 heterocycles. The number of carbonyl (C=O) groups is 1. The maximum absolute atomic E-state index is 14.0. The van der Waals surface area contributed by atoms with Crippen LogP contribution in [0.4, 0.5) is 5.69 Å². The largest absolute Gasteiger partial charge is 0.497 e. The van der Waals surface area contributed by atoms with Gasteiger partial charge in [0, 0.05) is 17.5 Å². The van der Waals surface area contributed by atoms with E-state index < -0.39 is 15.9 Å². The van der Waals surface area contributed by atoms with Gasteiger partial charge in [0.25, 0.3) is 15.9 Å². The topological polar surface area (TPSA) is 118 Å². The van der Waals surface area contributed by atoms with E-state index in [0.717, 1.165) is 3.97 Å². The lowest BCUT2D eigenvalue weighted by molar-refractivity contribution is 0.102. The second-order valence-corrected chi connectivity index (χ2v) is 9.87. The van der Waals surface area contributed by atoms with Crippen molar-refractivity contribution < 1.29 is 32.2 Å². The Hall–Kier alpha value is -4.51. The van der Waals surface area contributed by atoms with Crippen molar-refractivity contribution in [1.29, 1.82) is 0 Å². The summed E-state index contributed by atoms with van der Waals surface area (Å²) in [7, 11) is 1.74. The molecule has 0 unspecified atom stereocenters. The molecule has 1 N–H and O–H groups in total. The van der Waals surface area contributed by atoms with Crippen molar-refractivity contribution in [2.45, 2.75) is 11.8 Å². The summed E-state index contributed by atoms with van der Waals surface area (Å²) in [6.45, 7) is 1.57. The number of ether oxygens (including phenoxy) is 4. The first kappa shape index (κ1) is 26.6. The van der Waals surface area contributed by atoms with Gasteiger partial charge < -0.3 is 24.3 Å². The monoisotopic (exact) mass is 537 g/mol. The van der Waals surface area contributed by atoms with Gasteiger partial charge in [-0.2, -0.15) is 0 Å². The number of rotatable bonds is 9. The maximum atomic E-state index is 14.0. The van der Waals surface area contributed by atoms with Crippen molar-refractivity contribution in [3.8, 4) is 34.3 Å². The fourth-order valence-corrected chi connectivity index (χ4v) is 5.61. The fraction of sp³-hybridized carbons (Fsp3) is 0.185. The molecule has 0 aliphatic rings. The van der Waals surface area contributed by atoms with E-state index in [-0.39, 0.29) is 21.8 Å². The van der Waals surface area contributed by atoms with Crippen LogP contribution >= 0.6 is 0 Å². The Morgan fingerprint density at radius 2 is 1.55 bits per heavy atom. The molecule has 0 radical (unpaired) electrons. The SMILES string of the molecule is COc1ccc(S(=O)(=O)n2c(-c3cc(OC)c(OC)c(OC)c3)cc(C(=O)Nc3cccnc3)c2C)cc1. The van der Waals surface area contributed by atoms with Crippen LogP contribution in [0.5, 0.6) is 23.0 Å². The molecule has 1 amide bonds. The zero-order valence-corrected chi connectivity index (χ0v) is 22.3. The molecule has 0 saturated carbocycles. The van der Waals surface area contributed by atoms with Gasteiger partial charge in [0.05, 0.1) is 56.5 Å². The molecule has 11 heteroatoms. The van der Waals surface area contributed by atoms with E-state index in [1.54, 1.807) is 49.5 Å². The smallest absolute Gasteiger partial charge is 0.268 e. The summed E-state index contributed by atoms with van der Waals surface area (Å²) < 4.78 is 50.6. The third-order valence-electron chi connectivity index (χ3n) is 5.92. The minimum absolute atomic E-state index is 0.0184. The molecule has 4 rings (SSSR count). The van der Waals surface area contributed by atoms with E-state index in [1.165, 1.54) is 52.8 Å². The molecule has 4 aromatic rings. The van der Waals surface area contributed by atoms with Crippen molar-refractivity contribution in [3.63, 3.8) is 0 Å². The summed E-state index contributed by atoms with van der Waals surface area (Å²) in [5, 5.41) is 2.77. The van der Waals surface area contributed by atoms with Crippen molar-refractivity contribution in [2.24, 2.45) is 0 Å². The molecule has 38 heavy (non-hydrogen) atoms. The summed E-state index contributed by atoms with van der Waals surface area (Å²) in [6, 6.07) is 14.1. The number of amides is 1. The van der Waals surface area contributed by atoms with E-state index in [2.05, 4.69) is 10.3 Å². The van der Waals surface area contributed by atoms with Crippen molar-refractivity contribution in [3.05, 3.63) is 78.2 Å². The number of nitrogens with one attached hydrogen (secondary N) is 1. The van der Waals surface area contributed by atoms with Crippen LogP contribution in [-0.2, 0) is 10.0 Å². The molecule has 198 valence electrons. The molecule has 0 aliphatic carbocycles. The molecule has 0 aliphatic heterocycles. The first-order valence-electron chi connectivity index (χ1n) is 11.4. The van der Waals surface area contributed by atoms with Crippen LogP contribution in [0.2, 0.25) is 0 Å². The molecule has 0 saturated heterocycles. The van der Waals surface area contributed by atoms with Gasteiger partial charge in [-0.3, -0.25) is 9.78 Å². The van der Waals surface area contributed by atoms with Crippen LogP contribution in [-0.4, -0.2) is 51.7 Å². The molecule has 0 spiro atoms. The van der Waals surface area contributed by atoms with Crippen LogP contribution in [0.25, 0.3) is 11.3 Å². The Bertz CT molecular complexity index is 1540. The molecular weight excluding hydrogens is 510 g/mol. The number of benzene rings is 2. The number of methoxy groups -OCH3 is 4. The van der Waals surface area contributed by atoms with Crippen LogP contribution in [0.1, 0.15) is 16.1 Å². The predicted molar refractivity (Wildman–Crippen MR) is 142 cm³/mol. The lowest BCUT2D eigenvalue weighted by Crippen LogP contribution is -2.18. The molecule has 2 aromatic carbocycles. The maximum Gasteiger partial charge on any atom is 0.268 e. The first-order chi connectivity index (χ1) is 18.2. The lowest BCUT2D eigenvalue weighted by atomic mass is 10.1. The predicted octanol–water partition coefficient (Wildman–Crippen LogP) is 4.38. The van der Waals surface area contributed by atoms with Gasteiger partial charge in [-0.25, -0.2) is 12.4 Å². The first-order valence-corrected chi connectivity index (χ1v) is 12.8. The van der Waals surface area contributed by atoms with Crippen LogP contribution in [0, 0.1) is 6.92 Å². The second-order valence-electron chi connectivity index (χ2n) is 8.08. The van der Waals surface area contributed by atoms with E-state index in [0.29, 0.717) is 34.2 Å². The number of carbonyl (C=O) groups excluding carboxylic acids is 1. The molecule has 0 fully saturated rings. The highest BCUT2D eigenvalue weighted by molar-refractivity contribution is 7.90. The van der Waals surface area contributed by atoms with Gasteiger partial charge in [0.2, 0.25) is 5.75 Å². The van der Waals surface area contributed by atoms with Crippen LogP contribution < -0.4 is 24.3 Å².